The summed E-state index contributed by atoms with van der Waals surface area (Å²) >= 11 is 5.89. The normalized spacial score (nSPS) is 12.3. The van der Waals surface area contributed by atoms with Crippen molar-refractivity contribution in [3.63, 3.8) is 0 Å². The van der Waals surface area contributed by atoms with Crippen molar-refractivity contribution in [2.75, 3.05) is 7.11 Å². The quantitative estimate of drug-likeness (QED) is 0.807. The number of alkyl carbamates (subject to hydrolysis) is 1. The molecule has 140 valence electrons. The SMILES string of the molecule is COC(=O)[C@H](Cc1cn(-c2ccc(Cl)cc2)cn1)NC(=O)OC(C)(C)C. The molecule has 0 radical (unpaired) electrons. The van der Waals surface area contributed by atoms with E-state index < -0.39 is 23.7 Å². The van der Waals surface area contributed by atoms with Crippen LogP contribution < -0.4 is 5.32 Å². The number of carbonyl (C=O) groups excluding carboxylic acids is 2. The van der Waals surface area contributed by atoms with Crippen LogP contribution >= 0.6 is 11.6 Å². The topological polar surface area (TPSA) is 82.5 Å². The molecule has 0 spiro atoms. The Morgan fingerprint density at radius 1 is 1.27 bits per heavy atom. The molecule has 1 amide bonds. The lowest BCUT2D eigenvalue weighted by molar-refractivity contribution is -0.143. The number of halogens is 1. The van der Waals surface area contributed by atoms with Gasteiger partial charge >= 0.3 is 12.1 Å². The molecular formula is C18H22ClN3O4. The molecule has 1 heterocycles. The first-order valence-electron chi connectivity index (χ1n) is 8.04. The third-order valence-corrected chi connectivity index (χ3v) is 3.60. The average molecular weight is 380 g/mol. The second-order valence-electron chi connectivity index (χ2n) is 6.67. The van der Waals surface area contributed by atoms with E-state index in [0.717, 1.165) is 5.69 Å². The number of benzene rings is 1. The molecule has 0 aliphatic heterocycles. The standard InChI is InChI=1S/C18H22ClN3O4/c1-18(2,3)26-17(24)21-15(16(23)25-4)9-13-10-22(11-20-13)14-7-5-12(19)6-8-14/h5-8,10-11,15H,9H2,1-4H3,(H,21,24)/t15-/m0/s1. The first kappa shape index (κ1) is 19.8. The summed E-state index contributed by atoms with van der Waals surface area (Å²) in [6.45, 7) is 5.23. The maximum Gasteiger partial charge on any atom is 0.408 e. The van der Waals surface area contributed by atoms with Gasteiger partial charge in [0.1, 0.15) is 11.6 Å². The minimum atomic E-state index is -0.900. The summed E-state index contributed by atoms with van der Waals surface area (Å²) in [5.74, 6) is -0.572. The van der Waals surface area contributed by atoms with Crippen molar-refractivity contribution in [1.29, 1.82) is 0 Å². The van der Waals surface area contributed by atoms with Crippen LogP contribution in [0.4, 0.5) is 4.79 Å². The third kappa shape index (κ3) is 5.77. The van der Waals surface area contributed by atoms with Gasteiger partial charge in [0, 0.05) is 23.3 Å². The van der Waals surface area contributed by atoms with E-state index in [-0.39, 0.29) is 6.42 Å². The van der Waals surface area contributed by atoms with E-state index in [2.05, 4.69) is 10.3 Å². The van der Waals surface area contributed by atoms with E-state index in [0.29, 0.717) is 10.7 Å². The molecule has 2 rings (SSSR count). The molecule has 0 aliphatic rings. The second-order valence-corrected chi connectivity index (χ2v) is 7.11. The molecule has 0 saturated carbocycles. The summed E-state index contributed by atoms with van der Waals surface area (Å²) < 4.78 is 11.8. The average Bonchev–Trinajstić information content (AvgIpc) is 3.01. The predicted octanol–water partition coefficient (Wildman–Crippen LogP) is 3.13. The summed E-state index contributed by atoms with van der Waals surface area (Å²) in [4.78, 5) is 28.2. The minimum Gasteiger partial charge on any atom is -0.467 e. The van der Waals surface area contributed by atoms with Gasteiger partial charge in [0.25, 0.3) is 0 Å². The Balaban J connectivity index is 2.10. The van der Waals surface area contributed by atoms with Crippen LogP contribution in [0.2, 0.25) is 5.02 Å². The monoisotopic (exact) mass is 379 g/mol. The molecule has 2 aromatic rings. The molecule has 0 fully saturated rings. The maximum absolute atomic E-state index is 12.0. The summed E-state index contributed by atoms with van der Waals surface area (Å²) in [7, 11) is 1.26. The van der Waals surface area contributed by atoms with Gasteiger partial charge in [0.15, 0.2) is 0 Å². The number of ether oxygens (including phenoxy) is 2. The molecule has 26 heavy (non-hydrogen) atoms. The molecule has 1 atom stereocenters. The van der Waals surface area contributed by atoms with Crippen LogP contribution in [0.1, 0.15) is 26.5 Å². The number of nitrogens with one attached hydrogen (secondary N) is 1. The predicted molar refractivity (Wildman–Crippen MR) is 97.5 cm³/mol. The zero-order valence-electron chi connectivity index (χ0n) is 15.2. The molecule has 0 unspecified atom stereocenters. The van der Waals surface area contributed by atoms with Crippen LogP contribution in [-0.4, -0.2) is 40.4 Å². The first-order chi connectivity index (χ1) is 12.2. The number of esters is 1. The Morgan fingerprint density at radius 3 is 2.50 bits per heavy atom. The molecule has 1 aromatic heterocycles. The van der Waals surface area contributed by atoms with Gasteiger partial charge in [-0.25, -0.2) is 14.6 Å². The highest BCUT2D eigenvalue weighted by Gasteiger charge is 2.26. The number of aromatic nitrogens is 2. The van der Waals surface area contributed by atoms with E-state index in [1.54, 1.807) is 50.0 Å². The number of rotatable bonds is 5. The van der Waals surface area contributed by atoms with E-state index in [1.165, 1.54) is 7.11 Å². The Bertz CT molecular complexity index is 765. The summed E-state index contributed by atoms with van der Waals surface area (Å²) in [5.41, 5.74) is 0.829. The number of carbonyl (C=O) groups is 2. The van der Waals surface area contributed by atoms with Crippen LogP contribution in [-0.2, 0) is 20.7 Å². The Labute approximate surface area is 157 Å². The first-order valence-corrected chi connectivity index (χ1v) is 8.42. The van der Waals surface area contributed by atoms with Crippen LogP contribution in [0.25, 0.3) is 5.69 Å². The van der Waals surface area contributed by atoms with Gasteiger partial charge in [0.05, 0.1) is 19.1 Å². The smallest absolute Gasteiger partial charge is 0.408 e. The molecule has 1 N–H and O–H groups in total. The summed E-state index contributed by atoms with van der Waals surface area (Å²) in [6, 6.07) is 6.36. The largest absolute Gasteiger partial charge is 0.467 e. The second kappa shape index (κ2) is 8.23. The highest BCUT2D eigenvalue weighted by atomic mass is 35.5. The molecule has 7 nitrogen and oxygen atoms in total. The van der Waals surface area contributed by atoms with E-state index in [9.17, 15) is 9.59 Å². The number of imidazole rings is 1. The molecule has 0 saturated heterocycles. The van der Waals surface area contributed by atoms with Gasteiger partial charge < -0.3 is 19.4 Å². The van der Waals surface area contributed by atoms with Crippen molar-refractivity contribution in [3.05, 3.63) is 47.5 Å². The van der Waals surface area contributed by atoms with Gasteiger partial charge in [-0.05, 0) is 45.0 Å². The van der Waals surface area contributed by atoms with E-state index in [4.69, 9.17) is 21.1 Å². The van der Waals surface area contributed by atoms with Crippen molar-refractivity contribution in [1.82, 2.24) is 14.9 Å². The number of nitrogens with zero attached hydrogens (tertiary/aromatic N) is 2. The number of amides is 1. The van der Waals surface area contributed by atoms with Gasteiger partial charge in [-0.3, -0.25) is 0 Å². The lowest BCUT2D eigenvalue weighted by Gasteiger charge is -2.22. The lowest BCUT2D eigenvalue weighted by Crippen LogP contribution is -2.45. The highest BCUT2D eigenvalue weighted by molar-refractivity contribution is 6.30. The fourth-order valence-corrected chi connectivity index (χ4v) is 2.34. The molecule has 8 heteroatoms. The highest BCUT2D eigenvalue weighted by Crippen LogP contribution is 2.15. The summed E-state index contributed by atoms with van der Waals surface area (Å²) in [5, 5.41) is 3.17. The summed E-state index contributed by atoms with van der Waals surface area (Å²) in [6.07, 6.45) is 2.88. The van der Waals surface area contributed by atoms with Crippen molar-refractivity contribution < 1.29 is 19.1 Å². The van der Waals surface area contributed by atoms with Crippen molar-refractivity contribution in [2.45, 2.75) is 38.8 Å². The molecule has 1 aromatic carbocycles. The minimum absolute atomic E-state index is 0.173. The Hall–Kier alpha value is -2.54. The van der Waals surface area contributed by atoms with Crippen molar-refractivity contribution >= 4 is 23.7 Å². The van der Waals surface area contributed by atoms with Crippen LogP contribution in [0.5, 0.6) is 0 Å². The van der Waals surface area contributed by atoms with Gasteiger partial charge in [-0.1, -0.05) is 11.6 Å². The zero-order valence-corrected chi connectivity index (χ0v) is 15.9. The van der Waals surface area contributed by atoms with Crippen LogP contribution in [0.15, 0.2) is 36.8 Å². The zero-order chi connectivity index (χ0) is 19.3. The lowest BCUT2D eigenvalue weighted by atomic mass is 10.1. The van der Waals surface area contributed by atoms with Gasteiger partial charge in [-0.15, -0.1) is 0 Å². The van der Waals surface area contributed by atoms with Gasteiger partial charge in [0.2, 0.25) is 0 Å². The van der Waals surface area contributed by atoms with E-state index >= 15 is 0 Å². The number of hydrogen-bond acceptors (Lipinski definition) is 5. The van der Waals surface area contributed by atoms with Crippen LogP contribution in [0, 0.1) is 0 Å². The number of hydrogen-bond donors (Lipinski definition) is 1. The Kier molecular flexibility index (Phi) is 6.26. The fraction of sp³-hybridized carbons (Fsp3) is 0.389. The maximum atomic E-state index is 12.0. The molecular weight excluding hydrogens is 358 g/mol. The van der Waals surface area contributed by atoms with Crippen LogP contribution in [0.3, 0.4) is 0 Å². The van der Waals surface area contributed by atoms with Crippen molar-refractivity contribution in [2.24, 2.45) is 0 Å². The Morgan fingerprint density at radius 2 is 1.92 bits per heavy atom. The molecule has 0 bridgehead atoms. The van der Waals surface area contributed by atoms with Crippen molar-refractivity contribution in [3.8, 4) is 5.69 Å². The fourth-order valence-electron chi connectivity index (χ4n) is 2.22. The molecule has 0 aliphatic carbocycles. The van der Waals surface area contributed by atoms with E-state index in [1.807, 2.05) is 12.1 Å². The number of methoxy groups -OCH3 is 1. The third-order valence-electron chi connectivity index (χ3n) is 3.35. The van der Waals surface area contributed by atoms with Gasteiger partial charge in [-0.2, -0.15) is 0 Å².